The number of carbonyl (C=O) groups excluding carboxylic acids is 1. The minimum atomic E-state index is -0.442. The third-order valence-electron chi connectivity index (χ3n) is 9.05. The number of piperazine rings is 1. The fourth-order valence-corrected chi connectivity index (χ4v) is 6.66. The molecule has 4 fully saturated rings. The number of piperidine rings is 2. The van der Waals surface area contributed by atoms with Crippen molar-refractivity contribution in [3.8, 4) is 5.75 Å². The normalized spacial score (nSPS) is 22.4. The van der Waals surface area contributed by atoms with Gasteiger partial charge in [0.05, 0.1) is 12.0 Å². The number of anilines is 1. The second kappa shape index (κ2) is 12.1. The molecule has 40 heavy (non-hydrogen) atoms. The number of nitro benzene ring substituents is 1. The molecule has 3 saturated heterocycles. The van der Waals surface area contributed by atoms with Gasteiger partial charge in [-0.15, -0.1) is 0 Å². The van der Waals surface area contributed by atoms with E-state index >= 15 is 0 Å². The van der Waals surface area contributed by atoms with E-state index in [1.807, 2.05) is 31.7 Å². The van der Waals surface area contributed by atoms with Crippen molar-refractivity contribution >= 4 is 17.5 Å². The molecular weight excluding hydrogens is 510 g/mol. The Labute approximate surface area is 238 Å². The summed E-state index contributed by atoms with van der Waals surface area (Å²) < 4.78 is 10.9. The molecule has 222 valence electrons. The number of rotatable bonds is 7. The van der Waals surface area contributed by atoms with Crippen molar-refractivity contribution in [3.05, 3.63) is 27.8 Å². The zero-order valence-corrected chi connectivity index (χ0v) is 24.8. The first-order valence-electron chi connectivity index (χ1n) is 15.2. The molecule has 10 nitrogen and oxygen atoms in total. The van der Waals surface area contributed by atoms with Crippen LogP contribution in [0.5, 0.6) is 5.75 Å². The highest BCUT2D eigenvalue weighted by atomic mass is 16.6. The van der Waals surface area contributed by atoms with Crippen LogP contribution in [0, 0.1) is 16.0 Å². The summed E-state index contributed by atoms with van der Waals surface area (Å²) in [5.41, 5.74) is 1.87. The molecule has 10 heteroatoms. The molecule has 0 bridgehead atoms. The van der Waals surface area contributed by atoms with E-state index < -0.39 is 5.60 Å². The van der Waals surface area contributed by atoms with E-state index in [2.05, 4.69) is 14.7 Å². The van der Waals surface area contributed by atoms with Crippen molar-refractivity contribution in [2.24, 2.45) is 5.92 Å². The summed E-state index contributed by atoms with van der Waals surface area (Å²) in [5.74, 6) is 1.44. The number of amides is 1. The minimum Gasteiger partial charge on any atom is -0.490 e. The Morgan fingerprint density at radius 1 is 0.950 bits per heavy atom. The van der Waals surface area contributed by atoms with Crippen LogP contribution in [0.4, 0.5) is 16.2 Å². The molecule has 1 aromatic rings. The van der Waals surface area contributed by atoms with Crippen molar-refractivity contribution in [2.75, 3.05) is 70.9 Å². The van der Waals surface area contributed by atoms with Gasteiger partial charge in [0.15, 0.2) is 5.75 Å². The predicted octanol–water partition coefficient (Wildman–Crippen LogP) is 4.71. The van der Waals surface area contributed by atoms with Gasteiger partial charge in [0.2, 0.25) is 0 Å². The second-order valence-corrected chi connectivity index (χ2v) is 13.1. The highest BCUT2D eigenvalue weighted by molar-refractivity contribution is 5.68. The summed E-state index contributed by atoms with van der Waals surface area (Å²) >= 11 is 0. The Morgan fingerprint density at radius 3 is 2.15 bits per heavy atom. The molecule has 5 rings (SSSR count). The lowest BCUT2D eigenvalue weighted by Crippen LogP contribution is -2.54. The molecule has 1 aromatic carbocycles. The quantitative estimate of drug-likeness (QED) is 0.352. The number of benzene rings is 1. The molecule has 0 aromatic heterocycles. The fraction of sp³-hybridized carbons (Fsp3) is 0.767. The summed E-state index contributed by atoms with van der Waals surface area (Å²) in [6.07, 6.45) is 6.55. The number of hydrogen-bond acceptors (Lipinski definition) is 8. The van der Waals surface area contributed by atoms with Crippen molar-refractivity contribution in [2.45, 2.75) is 76.9 Å². The molecule has 3 aliphatic heterocycles. The average Bonchev–Trinajstić information content (AvgIpc) is 3.78. The van der Waals surface area contributed by atoms with E-state index in [-0.39, 0.29) is 16.7 Å². The molecule has 4 aliphatic rings. The van der Waals surface area contributed by atoms with Gasteiger partial charge in [-0.1, -0.05) is 0 Å². The summed E-state index contributed by atoms with van der Waals surface area (Å²) in [5, 5.41) is 11.6. The summed E-state index contributed by atoms with van der Waals surface area (Å²) in [6, 6.07) is 4.29. The van der Waals surface area contributed by atoms with Gasteiger partial charge < -0.3 is 24.2 Å². The van der Waals surface area contributed by atoms with Crippen LogP contribution in [0.3, 0.4) is 0 Å². The maximum absolute atomic E-state index is 12.4. The smallest absolute Gasteiger partial charge is 0.410 e. The standard InChI is InChI=1S/C30H47N5O5/c1-30(2,3)40-29(36)34-13-7-22(8-14-34)21-31-11-9-24(10-12-31)32-15-17-33(18-16-32)26-20-28(39-4)27(35(37)38)19-25(26)23-5-6-23/h19-20,22-24H,5-18,21H2,1-4H3. The third-order valence-corrected chi connectivity index (χ3v) is 9.05. The zero-order valence-electron chi connectivity index (χ0n) is 24.8. The van der Waals surface area contributed by atoms with Crippen LogP contribution >= 0.6 is 0 Å². The zero-order chi connectivity index (χ0) is 28.4. The lowest BCUT2D eigenvalue weighted by molar-refractivity contribution is -0.385. The minimum absolute atomic E-state index is 0.0761. The van der Waals surface area contributed by atoms with Gasteiger partial charge >= 0.3 is 11.8 Å². The van der Waals surface area contributed by atoms with Crippen LogP contribution in [-0.2, 0) is 4.74 Å². The molecule has 0 radical (unpaired) electrons. The number of nitro groups is 1. The first-order chi connectivity index (χ1) is 19.1. The molecule has 0 unspecified atom stereocenters. The molecular formula is C30H47N5O5. The second-order valence-electron chi connectivity index (χ2n) is 13.1. The first kappa shape index (κ1) is 28.9. The summed E-state index contributed by atoms with van der Waals surface area (Å²) in [7, 11) is 1.51. The van der Waals surface area contributed by atoms with Crippen LogP contribution in [0.15, 0.2) is 12.1 Å². The van der Waals surface area contributed by atoms with Crippen LogP contribution in [0.2, 0.25) is 0 Å². The van der Waals surface area contributed by atoms with E-state index in [4.69, 9.17) is 9.47 Å². The van der Waals surface area contributed by atoms with Gasteiger partial charge in [0.25, 0.3) is 0 Å². The van der Waals surface area contributed by atoms with Gasteiger partial charge in [-0.3, -0.25) is 15.0 Å². The molecule has 0 spiro atoms. The van der Waals surface area contributed by atoms with Crippen LogP contribution in [-0.4, -0.2) is 103 Å². The van der Waals surface area contributed by atoms with Crippen LogP contribution in [0.25, 0.3) is 0 Å². The molecule has 1 amide bonds. The van der Waals surface area contributed by atoms with Gasteiger partial charge in [-0.2, -0.15) is 0 Å². The van der Waals surface area contributed by atoms with E-state index in [0.29, 0.717) is 23.6 Å². The fourth-order valence-electron chi connectivity index (χ4n) is 6.66. The van der Waals surface area contributed by atoms with Gasteiger partial charge in [-0.05, 0) is 89.8 Å². The molecule has 0 atom stereocenters. The Kier molecular flexibility index (Phi) is 8.75. The Bertz CT molecular complexity index is 1050. The molecule has 1 aliphatic carbocycles. The Hall–Kier alpha value is -2.59. The Morgan fingerprint density at radius 2 is 1.60 bits per heavy atom. The predicted molar refractivity (Wildman–Crippen MR) is 155 cm³/mol. The number of likely N-dealkylation sites (tertiary alicyclic amines) is 2. The number of ether oxygens (including phenoxy) is 2. The number of hydrogen-bond donors (Lipinski definition) is 0. The van der Waals surface area contributed by atoms with E-state index in [9.17, 15) is 14.9 Å². The van der Waals surface area contributed by atoms with Gasteiger partial charge in [0.1, 0.15) is 5.60 Å². The maximum atomic E-state index is 12.4. The molecule has 0 N–H and O–H groups in total. The largest absolute Gasteiger partial charge is 0.490 e. The number of carbonyl (C=O) groups is 1. The van der Waals surface area contributed by atoms with E-state index in [1.54, 1.807) is 6.07 Å². The van der Waals surface area contributed by atoms with Crippen LogP contribution < -0.4 is 9.64 Å². The molecule has 1 saturated carbocycles. The summed E-state index contributed by atoms with van der Waals surface area (Å²) in [4.78, 5) is 33.2. The van der Waals surface area contributed by atoms with Crippen LogP contribution in [0.1, 0.15) is 70.8 Å². The number of nitrogens with zero attached hydrogens (tertiary/aromatic N) is 5. The maximum Gasteiger partial charge on any atom is 0.410 e. The van der Waals surface area contributed by atoms with Crippen molar-refractivity contribution in [3.63, 3.8) is 0 Å². The number of methoxy groups -OCH3 is 1. The highest BCUT2D eigenvalue weighted by Gasteiger charge is 2.34. The van der Waals surface area contributed by atoms with Crippen molar-refractivity contribution in [1.29, 1.82) is 0 Å². The third kappa shape index (κ3) is 7.00. The lowest BCUT2D eigenvalue weighted by atomic mass is 9.94. The van der Waals surface area contributed by atoms with Gasteiger partial charge in [-0.25, -0.2) is 4.79 Å². The van der Waals surface area contributed by atoms with E-state index in [1.165, 1.54) is 20.0 Å². The Balaban J connectivity index is 1.07. The monoisotopic (exact) mass is 557 g/mol. The first-order valence-corrected chi connectivity index (χ1v) is 15.2. The average molecular weight is 558 g/mol. The highest BCUT2D eigenvalue weighted by Crippen LogP contribution is 2.48. The topological polar surface area (TPSA) is 91.6 Å². The van der Waals surface area contributed by atoms with E-state index in [0.717, 1.165) is 95.8 Å². The van der Waals surface area contributed by atoms with Gasteiger partial charge in [0, 0.05) is 69.7 Å². The summed E-state index contributed by atoms with van der Waals surface area (Å²) in [6.45, 7) is 14.7. The SMILES string of the molecule is COc1cc(N2CCN(C3CCN(CC4CCN(C(=O)OC(C)(C)C)CC4)CC3)CC2)c(C2CC2)cc1[N+](=O)[O-]. The van der Waals surface area contributed by atoms with Crippen molar-refractivity contribution < 1.29 is 19.2 Å². The molecule has 3 heterocycles. The lowest BCUT2D eigenvalue weighted by Gasteiger charge is -2.44. The van der Waals surface area contributed by atoms with Crippen molar-refractivity contribution in [1.82, 2.24) is 14.7 Å².